The fourth-order valence-corrected chi connectivity index (χ4v) is 4.24. The van der Waals surface area contributed by atoms with Crippen LogP contribution in [0, 0.1) is 0 Å². The number of benzene rings is 1. The van der Waals surface area contributed by atoms with Crippen molar-refractivity contribution in [2.75, 3.05) is 0 Å². The Hall–Kier alpha value is -3.02. The number of aromatic nitrogens is 4. The number of aromatic carboxylic acids is 1. The van der Waals surface area contributed by atoms with E-state index in [0.29, 0.717) is 11.5 Å². The smallest absolute Gasteiger partial charge is 0.336 e. The Morgan fingerprint density at radius 2 is 1.90 bits per heavy atom. The van der Waals surface area contributed by atoms with Gasteiger partial charge in [-0.15, -0.1) is 0 Å². The van der Waals surface area contributed by atoms with Gasteiger partial charge in [0.05, 0.1) is 5.56 Å². The number of hydrogen-bond donors (Lipinski definition) is 1. The van der Waals surface area contributed by atoms with Gasteiger partial charge in [0, 0.05) is 36.8 Å². The summed E-state index contributed by atoms with van der Waals surface area (Å²) in [5.74, 6) is 1.58. The molecule has 0 bridgehead atoms. The van der Waals surface area contributed by atoms with E-state index < -0.39 is 5.97 Å². The van der Waals surface area contributed by atoms with Crippen molar-refractivity contribution in [1.29, 1.82) is 0 Å². The molecule has 1 aliphatic rings. The molecule has 0 saturated heterocycles. The fraction of sp³-hybridized carbons (Fsp3) is 0.417. The summed E-state index contributed by atoms with van der Waals surface area (Å²) in [5, 5.41) is 14.3. The van der Waals surface area contributed by atoms with E-state index in [2.05, 4.69) is 16.6 Å². The van der Waals surface area contributed by atoms with Gasteiger partial charge in [-0.3, -0.25) is 4.98 Å². The summed E-state index contributed by atoms with van der Waals surface area (Å²) in [4.78, 5) is 20.5. The monoisotopic (exact) mass is 404 g/mol. The standard InChI is InChI=1S/C24H28N4O2/c1-2-14-28-22(26-23(27-28)19-6-4-3-5-7-19)15-17-8-10-18(11-9-17)21-16-25-13-12-20(21)24(29)30/h8-13,16,19H,2-7,14-15H2,1H3,(H,29,30). The first kappa shape index (κ1) is 20.3. The average Bonchev–Trinajstić information content (AvgIpc) is 3.17. The van der Waals surface area contributed by atoms with E-state index >= 15 is 0 Å². The van der Waals surface area contributed by atoms with E-state index in [4.69, 9.17) is 10.1 Å². The third-order valence-electron chi connectivity index (χ3n) is 5.85. The minimum Gasteiger partial charge on any atom is -0.478 e. The van der Waals surface area contributed by atoms with E-state index in [9.17, 15) is 9.90 Å². The molecule has 1 aromatic carbocycles. The van der Waals surface area contributed by atoms with Crippen LogP contribution in [0.2, 0.25) is 0 Å². The normalized spacial score (nSPS) is 14.7. The summed E-state index contributed by atoms with van der Waals surface area (Å²) in [6.45, 7) is 3.04. The molecule has 1 saturated carbocycles. The number of aryl methyl sites for hydroxylation is 1. The van der Waals surface area contributed by atoms with Crippen molar-refractivity contribution in [3.63, 3.8) is 0 Å². The third kappa shape index (κ3) is 4.42. The van der Waals surface area contributed by atoms with E-state index in [1.165, 1.54) is 44.4 Å². The first-order valence-corrected chi connectivity index (χ1v) is 10.9. The fourth-order valence-electron chi connectivity index (χ4n) is 4.24. The second-order valence-corrected chi connectivity index (χ2v) is 8.04. The second-order valence-electron chi connectivity index (χ2n) is 8.04. The Kier molecular flexibility index (Phi) is 6.21. The molecule has 0 radical (unpaired) electrons. The lowest BCUT2D eigenvalue weighted by atomic mass is 9.89. The summed E-state index contributed by atoms with van der Waals surface area (Å²) in [6, 6.07) is 9.53. The lowest BCUT2D eigenvalue weighted by molar-refractivity contribution is 0.0697. The number of carbonyl (C=O) groups is 1. The van der Waals surface area contributed by atoms with Crippen LogP contribution in [0.1, 0.15) is 78.9 Å². The first-order valence-electron chi connectivity index (χ1n) is 10.9. The summed E-state index contributed by atoms with van der Waals surface area (Å²) >= 11 is 0. The molecule has 1 fully saturated rings. The first-order chi connectivity index (χ1) is 14.7. The molecular formula is C24H28N4O2. The Morgan fingerprint density at radius 1 is 1.13 bits per heavy atom. The highest BCUT2D eigenvalue weighted by Crippen LogP contribution is 2.31. The lowest BCUT2D eigenvalue weighted by Gasteiger charge is -2.18. The maximum atomic E-state index is 11.5. The molecule has 6 heteroatoms. The summed E-state index contributed by atoms with van der Waals surface area (Å²) < 4.78 is 2.07. The van der Waals surface area contributed by atoms with Gasteiger partial charge < -0.3 is 5.11 Å². The topological polar surface area (TPSA) is 80.9 Å². The molecule has 0 aliphatic heterocycles. The molecule has 4 rings (SSSR count). The molecule has 2 aromatic heterocycles. The van der Waals surface area contributed by atoms with Crippen LogP contribution in [-0.4, -0.2) is 30.8 Å². The molecule has 30 heavy (non-hydrogen) atoms. The maximum Gasteiger partial charge on any atom is 0.336 e. The number of carboxylic acid groups (broad SMARTS) is 1. The molecular weight excluding hydrogens is 376 g/mol. The number of rotatable bonds is 7. The highest BCUT2D eigenvalue weighted by Gasteiger charge is 2.21. The van der Waals surface area contributed by atoms with Crippen molar-refractivity contribution >= 4 is 5.97 Å². The number of nitrogens with zero attached hydrogens (tertiary/aromatic N) is 4. The average molecular weight is 405 g/mol. The van der Waals surface area contributed by atoms with Crippen molar-refractivity contribution in [2.45, 2.75) is 64.3 Å². The minimum atomic E-state index is -0.945. The third-order valence-corrected chi connectivity index (χ3v) is 5.85. The molecule has 156 valence electrons. The lowest BCUT2D eigenvalue weighted by Crippen LogP contribution is -2.08. The summed E-state index contributed by atoms with van der Waals surface area (Å²) in [7, 11) is 0. The quantitative estimate of drug-likeness (QED) is 0.593. The Bertz CT molecular complexity index is 1000. The van der Waals surface area contributed by atoms with Crippen LogP contribution in [0.15, 0.2) is 42.7 Å². The van der Waals surface area contributed by atoms with Crippen LogP contribution in [0.5, 0.6) is 0 Å². The van der Waals surface area contributed by atoms with E-state index in [1.54, 1.807) is 6.20 Å². The molecule has 0 unspecified atom stereocenters. The molecule has 3 aromatic rings. The number of carboxylic acids is 1. The van der Waals surface area contributed by atoms with Crippen LogP contribution in [0.4, 0.5) is 0 Å². The van der Waals surface area contributed by atoms with Gasteiger partial charge in [-0.25, -0.2) is 14.5 Å². The van der Waals surface area contributed by atoms with Gasteiger partial charge in [0.2, 0.25) is 0 Å². The molecule has 6 nitrogen and oxygen atoms in total. The van der Waals surface area contributed by atoms with Crippen molar-refractivity contribution in [3.8, 4) is 11.1 Å². The van der Waals surface area contributed by atoms with Crippen LogP contribution < -0.4 is 0 Å². The number of pyridine rings is 1. The minimum absolute atomic E-state index is 0.262. The van der Waals surface area contributed by atoms with Crippen molar-refractivity contribution < 1.29 is 9.90 Å². The number of hydrogen-bond acceptors (Lipinski definition) is 4. The zero-order valence-electron chi connectivity index (χ0n) is 17.4. The highest BCUT2D eigenvalue weighted by atomic mass is 16.4. The largest absolute Gasteiger partial charge is 0.478 e. The van der Waals surface area contributed by atoms with E-state index in [-0.39, 0.29) is 5.56 Å². The van der Waals surface area contributed by atoms with Crippen LogP contribution in [0.3, 0.4) is 0 Å². The van der Waals surface area contributed by atoms with Gasteiger partial charge in [-0.2, -0.15) is 5.10 Å². The Balaban J connectivity index is 1.56. The predicted molar refractivity (Wildman–Crippen MR) is 116 cm³/mol. The van der Waals surface area contributed by atoms with E-state index in [1.807, 2.05) is 24.3 Å². The SMILES string of the molecule is CCCn1nc(C2CCCCC2)nc1Cc1ccc(-c2cnccc2C(=O)O)cc1. The van der Waals surface area contributed by atoms with Gasteiger partial charge in [0.1, 0.15) is 5.82 Å². The summed E-state index contributed by atoms with van der Waals surface area (Å²) in [6.07, 6.45) is 11.1. The molecule has 0 spiro atoms. The summed E-state index contributed by atoms with van der Waals surface area (Å²) in [5.41, 5.74) is 2.88. The van der Waals surface area contributed by atoms with Crippen molar-refractivity contribution in [2.24, 2.45) is 0 Å². The molecule has 0 amide bonds. The molecule has 0 atom stereocenters. The zero-order chi connectivity index (χ0) is 20.9. The van der Waals surface area contributed by atoms with Gasteiger partial charge >= 0.3 is 5.97 Å². The Morgan fingerprint density at radius 3 is 2.60 bits per heavy atom. The molecule has 2 heterocycles. The van der Waals surface area contributed by atoms with Gasteiger partial charge in [0.15, 0.2) is 5.82 Å². The highest BCUT2D eigenvalue weighted by molar-refractivity contribution is 5.95. The maximum absolute atomic E-state index is 11.5. The van der Waals surface area contributed by atoms with Crippen LogP contribution in [0.25, 0.3) is 11.1 Å². The van der Waals surface area contributed by atoms with Crippen molar-refractivity contribution in [1.82, 2.24) is 19.7 Å². The zero-order valence-corrected chi connectivity index (χ0v) is 17.4. The van der Waals surface area contributed by atoms with Crippen molar-refractivity contribution in [3.05, 3.63) is 65.5 Å². The van der Waals surface area contributed by atoms with Crippen LogP contribution >= 0.6 is 0 Å². The van der Waals surface area contributed by atoms with Crippen LogP contribution in [-0.2, 0) is 13.0 Å². The predicted octanol–water partition coefficient (Wildman–Crippen LogP) is 5.09. The van der Waals surface area contributed by atoms with Gasteiger partial charge in [-0.1, -0.05) is 50.5 Å². The van der Waals surface area contributed by atoms with E-state index in [0.717, 1.165) is 42.2 Å². The molecule has 1 N–H and O–H groups in total. The molecule has 1 aliphatic carbocycles. The Labute approximate surface area is 177 Å². The van der Waals surface area contributed by atoms with Gasteiger partial charge in [0.25, 0.3) is 0 Å². The second kappa shape index (κ2) is 9.20. The van der Waals surface area contributed by atoms with Gasteiger partial charge in [-0.05, 0) is 36.5 Å².